The van der Waals surface area contributed by atoms with Gasteiger partial charge in [-0.05, 0) is 37.7 Å². The smallest absolute Gasteiger partial charge is 0.0580 e. The summed E-state index contributed by atoms with van der Waals surface area (Å²) >= 11 is 0. The number of aliphatic hydroxyl groups excluding tert-OH is 1. The lowest BCUT2D eigenvalue weighted by molar-refractivity contribution is 0.149. The number of aliphatic hydroxyl groups is 1. The third-order valence-corrected chi connectivity index (χ3v) is 4.22. The molecular weight excluding hydrogens is 220 g/mol. The maximum Gasteiger partial charge on any atom is 0.0580 e. The topological polar surface area (TPSA) is 20.2 Å². The molecule has 1 aliphatic rings. The minimum Gasteiger partial charge on any atom is -0.393 e. The molecule has 1 heteroatoms. The molecule has 0 amide bonds. The van der Waals surface area contributed by atoms with Gasteiger partial charge in [-0.3, -0.25) is 0 Å². The van der Waals surface area contributed by atoms with Crippen LogP contribution in [-0.4, -0.2) is 11.2 Å². The van der Waals surface area contributed by atoms with Crippen LogP contribution in [0.1, 0.15) is 56.1 Å². The Balaban J connectivity index is 1.71. The Morgan fingerprint density at radius 1 is 1.11 bits per heavy atom. The first-order valence-electron chi connectivity index (χ1n) is 7.47. The van der Waals surface area contributed by atoms with Crippen LogP contribution >= 0.6 is 0 Å². The third-order valence-electron chi connectivity index (χ3n) is 4.22. The molecule has 1 atom stereocenters. The molecule has 1 unspecified atom stereocenters. The summed E-state index contributed by atoms with van der Waals surface area (Å²) in [4.78, 5) is 0. The van der Waals surface area contributed by atoms with E-state index in [9.17, 15) is 5.11 Å². The summed E-state index contributed by atoms with van der Waals surface area (Å²) in [5.41, 5.74) is 2.55. The summed E-state index contributed by atoms with van der Waals surface area (Å²) in [6.45, 7) is 2.10. The van der Waals surface area contributed by atoms with Gasteiger partial charge in [-0.1, -0.05) is 61.9 Å². The van der Waals surface area contributed by atoms with Crippen molar-refractivity contribution in [3.05, 3.63) is 35.4 Å². The van der Waals surface area contributed by atoms with Gasteiger partial charge in [0, 0.05) is 0 Å². The summed E-state index contributed by atoms with van der Waals surface area (Å²) in [5, 5.41) is 10.1. The van der Waals surface area contributed by atoms with Crippen molar-refractivity contribution in [1.29, 1.82) is 0 Å². The minimum atomic E-state index is -0.158. The van der Waals surface area contributed by atoms with E-state index in [1.165, 1.54) is 49.7 Å². The quantitative estimate of drug-likeness (QED) is 0.823. The van der Waals surface area contributed by atoms with E-state index in [0.29, 0.717) is 0 Å². The molecule has 100 valence electrons. The van der Waals surface area contributed by atoms with E-state index in [4.69, 9.17) is 0 Å². The molecule has 0 aromatic heterocycles. The van der Waals surface area contributed by atoms with Crippen LogP contribution in [0.5, 0.6) is 0 Å². The van der Waals surface area contributed by atoms with Crippen LogP contribution in [0.15, 0.2) is 24.3 Å². The normalized spacial score (nSPS) is 18.8. The highest BCUT2D eigenvalue weighted by Gasteiger charge is 2.15. The fourth-order valence-electron chi connectivity index (χ4n) is 3.00. The average Bonchev–Trinajstić information content (AvgIpc) is 2.40. The van der Waals surface area contributed by atoms with Gasteiger partial charge >= 0.3 is 0 Å². The Morgan fingerprint density at radius 3 is 2.44 bits per heavy atom. The third kappa shape index (κ3) is 4.45. The van der Waals surface area contributed by atoms with Crippen molar-refractivity contribution in [1.82, 2.24) is 0 Å². The van der Waals surface area contributed by atoms with Crippen molar-refractivity contribution in [2.24, 2.45) is 5.92 Å². The van der Waals surface area contributed by atoms with E-state index >= 15 is 0 Å². The molecule has 1 nitrogen and oxygen atoms in total. The van der Waals surface area contributed by atoms with Crippen molar-refractivity contribution in [3.63, 3.8) is 0 Å². The first-order valence-corrected chi connectivity index (χ1v) is 7.47. The maximum atomic E-state index is 10.1. The molecule has 1 fully saturated rings. The molecule has 18 heavy (non-hydrogen) atoms. The van der Waals surface area contributed by atoms with E-state index in [1.54, 1.807) is 0 Å². The molecular formula is C17H26O. The Morgan fingerprint density at radius 2 is 1.78 bits per heavy atom. The lowest BCUT2D eigenvalue weighted by atomic mass is 9.85. The van der Waals surface area contributed by atoms with Crippen LogP contribution in [0.25, 0.3) is 0 Å². The Kier molecular flexibility index (Phi) is 5.25. The average molecular weight is 246 g/mol. The molecule has 0 radical (unpaired) electrons. The van der Waals surface area contributed by atoms with E-state index < -0.39 is 0 Å². The van der Waals surface area contributed by atoms with Gasteiger partial charge in [-0.2, -0.15) is 0 Å². The molecule has 1 saturated carbocycles. The molecule has 0 heterocycles. The van der Waals surface area contributed by atoms with Gasteiger partial charge in [0.25, 0.3) is 0 Å². The van der Waals surface area contributed by atoms with E-state index in [2.05, 4.69) is 31.2 Å². The summed E-state index contributed by atoms with van der Waals surface area (Å²) < 4.78 is 0. The number of benzene rings is 1. The molecule has 1 N–H and O–H groups in total. The van der Waals surface area contributed by atoms with Crippen molar-refractivity contribution >= 4 is 0 Å². The predicted molar refractivity (Wildman–Crippen MR) is 76.7 cm³/mol. The highest BCUT2D eigenvalue weighted by molar-refractivity contribution is 5.21. The standard InChI is InChI=1S/C17H26O/c1-14-7-9-16(10-8-14)13-17(18)12-11-15-5-3-2-4-6-15/h7-10,15,17-18H,2-6,11-13H2,1H3. The zero-order chi connectivity index (χ0) is 12.8. The first-order chi connectivity index (χ1) is 8.74. The lowest BCUT2D eigenvalue weighted by Gasteiger charge is -2.22. The first kappa shape index (κ1) is 13.6. The van der Waals surface area contributed by atoms with Gasteiger partial charge in [-0.15, -0.1) is 0 Å². The molecule has 0 saturated heterocycles. The number of hydrogen-bond acceptors (Lipinski definition) is 1. The van der Waals surface area contributed by atoms with Crippen molar-refractivity contribution in [2.45, 2.75) is 64.4 Å². The molecule has 1 aliphatic carbocycles. The van der Waals surface area contributed by atoms with E-state index in [0.717, 1.165) is 18.8 Å². The lowest BCUT2D eigenvalue weighted by Crippen LogP contribution is -2.14. The minimum absolute atomic E-state index is 0.158. The second-order valence-electron chi connectivity index (χ2n) is 5.92. The second kappa shape index (κ2) is 6.94. The van der Waals surface area contributed by atoms with Crippen LogP contribution < -0.4 is 0 Å². The molecule has 1 aromatic carbocycles. The fraction of sp³-hybridized carbons (Fsp3) is 0.647. The maximum absolute atomic E-state index is 10.1. The Labute approximate surface area is 111 Å². The predicted octanol–water partition coefficient (Wildman–Crippen LogP) is 4.26. The summed E-state index contributed by atoms with van der Waals surface area (Å²) in [6.07, 6.45) is 9.84. The van der Waals surface area contributed by atoms with Gasteiger partial charge in [0.05, 0.1) is 6.10 Å². The van der Waals surface area contributed by atoms with Crippen molar-refractivity contribution in [2.75, 3.05) is 0 Å². The van der Waals surface area contributed by atoms with Crippen LogP contribution in [0.3, 0.4) is 0 Å². The van der Waals surface area contributed by atoms with Crippen LogP contribution in [0, 0.1) is 12.8 Å². The van der Waals surface area contributed by atoms with Gasteiger partial charge in [-0.25, -0.2) is 0 Å². The van der Waals surface area contributed by atoms with E-state index in [1.807, 2.05) is 0 Å². The van der Waals surface area contributed by atoms with Crippen LogP contribution in [0.2, 0.25) is 0 Å². The Bertz CT molecular complexity index is 335. The number of hydrogen-bond donors (Lipinski definition) is 1. The van der Waals surface area contributed by atoms with Gasteiger partial charge in [0.2, 0.25) is 0 Å². The zero-order valence-corrected chi connectivity index (χ0v) is 11.6. The van der Waals surface area contributed by atoms with Crippen LogP contribution in [0.4, 0.5) is 0 Å². The number of aryl methyl sites for hydroxylation is 1. The zero-order valence-electron chi connectivity index (χ0n) is 11.6. The molecule has 0 spiro atoms. The highest BCUT2D eigenvalue weighted by atomic mass is 16.3. The number of rotatable bonds is 5. The summed E-state index contributed by atoms with van der Waals surface area (Å²) in [7, 11) is 0. The van der Waals surface area contributed by atoms with Crippen molar-refractivity contribution in [3.8, 4) is 0 Å². The highest BCUT2D eigenvalue weighted by Crippen LogP contribution is 2.28. The van der Waals surface area contributed by atoms with Gasteiger partial charge < -0.3 is 5.11 Å². The van der Waals surface area contributed by atoms with Gasteiger partial charge in [0.15, 0.2) is 0 Å². The molecule has 1 aromatic rings. The molecule has 2 rings (SSSR count). The SMILES string of the molecule is Cc1ccc(CC(O)CCC2CCCCC2)cc1. The van der Waals surface area contributed by atoms with E-state index in [-0.39, 0.29) is 6.10 Å². The Hall–Kier alpha value is -0.820. The van der Waals surface area contributed by atoms with Crippen molar-refractivity contribution < 1.29 is 5.11 Å². The molecule has 0 aliphatic heterocycles. The fourth-order valence-corrected chi connectivity index (χ4v) is 3.00. The largest absolute Gasteiger partial charge is 0.393 e. The second-order valence-corrected chi connectivity index (χ2v) is 5.92. The van der Waals surface area contributed by atoms with Crippen LogP contribution in [-0.2, 0) is 6.42 Å². The monoisotopic (exact) mass is 246 g/mol. The van der Waals surface area contributed by atoms with Gasteiger partial charge in [0.1, 0.15) is 0 Å². The molecule has 0 bridgehead atoms. The summed E-state index contributed by atoms with van der Waals surface area (Å²) in [6, 6.07) is 8.53. The summed E-state index contributed by atoms with van der Waals surface area (Å²) in [5.74, 6) is 0.881.